The van der Waals surface area contributed by atoms with Gasteiger partial charge in [0.2, 0.25) is 11.8 Å². The number of nitrogens with one attached hydrogen (secondary N) is 2. The van der Waals surface area contributed by atoms with Crippen LogP contribution in [-0.2, 0) is 14.4 Å². The van der Waals surface area contributed by atoms with Crippen LogP contribution in [-0.4, -0.2) is 36.0 Å². The number of amides is 2. The lowest BCUT2D eigenvalue weighted by Gasteiger charge is -2.18. The number of halogens is 1. The zero-order chi connectivity index (χ0) is 18.3. The second-order valence-corrected chi connectivity index (χ2v) is 6.50. The average Bonchev–Trinajstić information content (AvgIpc) is 2.47. The van der Waals surface area contributed by atoms with Crippen LogP contribution in [0.15, 0.2) is 24.3 Å². The van der Waals surface area contributed by atoms with Gasteiger partial charge >= 0.3 is 5.97 Å². The molecular formula is C17H23FN2O4. The highest BCUT2D eigenvalue weighted by Gasteiger charge is 2.22. The molecule has 0 aliphatic rings. The summed E-state index contributed by atoms with van der Waals surface area (Å²) in [7, 11) is 0. The Morgan fingerprint density at radius 1 is 1.12 bits per heavy atom. The minimum Gasteiger partial charge on any atom is -0.481 e. The van der Waals surface area contributed by atoms with E-state index >= 15 is 0 Å². The molecule has 0 bridgehead atoms. The van der Waals surface area contributed by atoms with Gasteiger partial charge in [-0.1, -0.05) is 32.9 Å². The second kappa shape index (κ2) is 8.42. The third-order valence-corrected chi connectivity index (χ3v) is 3.39. The summed E-state index contributed by atoms with van der Waals surface area (Å²) in [5.41, 5.74) is -0.127. The van der Waals surface area contributed by atoms with Gasteiger partial charge < -0.3 is 15.7 Å². The first-order chi connectivity index (χ1) is 11.1. The maximum Gasteiger partial charge on any atom is 0.312 e. The highest BCUT2D eigenvalue weighted by atomic mass is 19.1. The number of carboxylic acid groups (broad SMARTS) is 1. The molecule has 0 radical (unpaired) electrons. The number of rotatable bonds is 7. The molecule has 7 heteroatoms. The number of carbonyl (C=O) groups excluding carboxylic acids is 2. The Labute approximate surface area is 140 Å². The Hall–Kier alpha value is -2.44. The molecule has 1 unspecified atom stereocenters. The van der Waals surface area contributed by atoms with Gasteiger partial charge in [0.1, 0.15) is 5.82 Å². The molecule has 1 aromatic carbocycles. The van der Waals surface area contributed by atoms with Crippen molar-refractivity contribution in [2.24, 2.45) is 5.41 Å². The van der Waals surface area contributed by atoms with Crippen molar-refractivity contribution >= 4 is 17.8 Å². The maximum absolute atomic E-state index is 12.9. The van der Waals surface area contributed by atoms with E-state index in [-0.39, 0.29) is 31.3 Å². The van der Waals surface area contributed by atoms with E-state index in [2.05, 4.69) is 10.6 Å². The van der Waals surface area contributed by atoms with E-state index in [1.807, 2.05) is 0 Å². The Morgan fingerprint density at radius 3 is 2.21 bits per heavy atom. The molecule has 0 spiro atoms. The van der Waals surface area contributed by atoms with E-state index in [0.29, 0.717) is 5.56 Å². The zero-order valence-corrected chi connectivity index (χ0v) is 14.1. The van der Waals surface area contributed by atoms with Crippen molar-refractivity contribution in [1.82, 2.24) is 10.6 Å². The van der Waals surface area contributed by atoms with Crippen molar-refractivity contribution in [3.63, 3.8) is 0 Å². The molecule has 0 saturated heterocycles. The summed E-state index contributed by atoms with van der Waals surface area (Å²) in [5.74, 6) is -3.05. The first-order valence-electron chi connectivity index (χ1n) is 7.64. The molecule has 0 saturated carbocycles. The summed E-state index contributed by atoms with van der Waals surface area (Å²) in [6.07, 6.45) is 0.0532. The van der Waals surface area contributed by atoms with Gasteiger partial charge in [-0.05, 0) is 17.7 Å². The molecule has 6 nitrogen and oxygen atoms in total. The number of hydrogen-bond donors (Lipinski definition) is 3. The molecule has 0 fully saturated rings. The van der Waals surface area contributed by atoms with Crippen LogP contribution in [0, 0.1) is 11.2 Å². The van der Waals surface area contributed by atoms with E-state index < -0.39 is 23.1 Å². The van der Waals surface area contributed by atoms with Crippen molar-refractivity contribution in [2.45, 2.75) is 33.1 Å². The monoisotopic (exact) mass is 338 g/mol. The Kier molecular flexibility index (Phi) is 6.88. The fraction of sp³-hybridized carbons (Fsp3) is 0.471. The summed E-state index contributed by atoms with van der Waals surface area (Å²) in [6, 6.07) is 5.11. The molecular weight excluding hydrogens is 315 g/mol. The van der Waals surface area contributed by atoms with Crippen molar-refractivity contribution in [3.8, 4) is 0 Å². The van der Waals surface area contributed by atoms with Gasteiger partial charge in [-0.3, -0.25) is 14.4 Å². The molecule has 1 atom stereocenters. The van der Waals surface area contributed by atoms with Gasteiger partial charge in [0, 0.05) is 24.9 Å². The molecule has 3 N–H and O–H groups in total. The normalized spacial score (nSPS) is 12.3. The Morgan fingerprint density at radius 2 is 1.71 bits per heavy atom. The molecule has 24 heavy (non-hydrogen) atoms. The van der Waals surface area contributed by atoms with Crippen molar-refractivity contribution < 1.29 is 23.9 Å². The van der Waals surface area contributed by atoms with E-state index in [9.17, 15) is 23.9 Å². The molecule has 132 valence electrons. The maximum atomic E-state index is 12.9. The van der Waals surface area contributed by atoms with Crippen LogP contribution in [0.5, 0.6) is 0 Å². The van der Waals surface area contributed by atoms with Gasteiger partial charge in [0.15, 0.2) is 0 Å². The zero-order valence-electron chi connectivity index (χ0n) is 14.1. The highest BCUT2D eigenvalue weighted by Crippen LogP contribution is 2.16. The van der Waals surface area contributed by atoms with Gasteiger partial charge in [-0.25, -0.2) is 4.39 Å². The molecule has 0 heterocycles. The van der Waals surface area contributed by atoms with Crippen LogP contribution in [0.4, 0.5) is 4.39 Å². The lowest BCUT2D eigenvalue weighted by atomic mass is 9.96. The van der Waals surface area contributed by atoms with Crippen molar-refractivity contribution in [1.29, 1.82) is 0 Å². The fourth-order valence-corrected chi connectivity index (χ4v) is 1.90. The van der Waals surface area contributed by atoms with E-state index in [1.165, 1.54) is 24.3 Å². The molecule has 1 aromatic rings. The lowest BCUT2D eigenvalue weighted by molar-refractivity contribution is -0.138. The number of carbonyl (C=O) groups is 3. The van der Waals surface area contributed by atoms with Crippen molar-refractivity contribution in [2.75, 3.05) is 13.1 Å². The van der Waals surface area contributed by atoms with Gasteiger partial charge in [-0.15, -0.1) is 0 Å². The van der Waals surface area contributed by atoms with Gasteiger partial charge in [0.25, 0.3) is 0 Å². The number of hydrogen-bond acceptors (Lipinski definition) is 3. The minimum atomic E-state index is -1.11. The molecule has 0 aliphatic heterocycles. The number of carboxylic acids is 1. The largest absolute Gasteiger partial charge is 0.481 e. The smallest absolute Gasteiger partial charge is 0.312 e. The quantitative estimate of drug-likeness (QED) is 0.704. The third kappa shape index (κ3) is 6.36. The Balaban J connectivity index is 2.47. The summed E-state index contributed by atoms with van der Waals surface area (Å²) < 4.78 is 12.9. The SMILES string of the molecule is CC(C)(C)C(=O)NCCC(=O)NCC(C(=O)O)c1ccc(F)cc1. The van der Waals surface area contributed by atoms with Crippen LogP contribution < -0.4 is 10.6 Å². The van der Waals surface area contributed by atoms with Gasteiger partial charge in [-0.2, -0.15) is 0 Å². The highest BCUT2D eigenvalue weighted by molar-refractivity contribution is 5.83. The first kappa shape index (κ1) is 19.6. The summed E-state index contributed by atoms with van der Waals surface area (Å²) in [5, 5.41) is 14.4. The second-order valence-electron chi connectivity index (χ2n) is 6.50. The van der Waals surface area contributed by atoms with E-state index in [0.717, 1.165) is 0 Å². The summed E-state index contributed by atoms with van der Waals surface area (Å²) in [6.45, 7) is 5.37. The number of aliphatic carboxylic acids is 1. The van der Waals surface area contributed by atoms with Gasteiger partial charge in [0.05, 0.1) is 5.92 Å². The fourth-order valence-electron chi connectivity index (χ4n) is 1.90. The molecule has 0 aromatic heterocycles. The minimum absolute atomic E-state index is 0.0532. The third-order valence-electron chi connectivity index (χ3n) is 3.39. The van der Waals surface area contributed by atoms with E-state index in [4.69, 9.17) is 0 Å². The summed E-state index contributed by atoms with van der Waals surface area (Å²) >= 11 is 0. The predicted molar refractivity (Wildman–Crippen MR) is 86.9 cm³/mol. The molecule has 2 amide bonds. The van der Waals surface area contributed by atoms with Crippen LogP contribution in [0.1, 0.15) is 38.7 Å². The first-order valence-corrected chi connectivity index (χ1v) is 7.64. The predicted octanol–water partition coefficient (Wildman–Crippen LogP) is 1.66. The van der Waals surface area contributed by atoms with Crippen LogP contribution in [0.2, 0.25) is 0 Å². The standard InChI is InChI=1S/C17H23FN2O4/c1-17(2,3)16(24)19-9-8-14(21)20-10-13(15(22)23)11-4-6-12(18)7-5-11/h4-7,13H,8-10H2,1-3H3,(H,19,24)(H,20,21)(H,22,23). The molecule has 1 rings (SSSR count). The van der Waals surface area contributed by atoms with Crippen LogP contribution in [0.3, 0.4) is 0 Å². The lowest BCUT2D eigenvalue weighted by Crippen LogP contribution is -2.38. The number of benzene rings is 1. The van der Waals surface area contributed by atoms with Crippen LogP contribution >= 0.6 is 0 Å². The average molecular weight is 338 g/mol. The Bertz CT molecular complexity index is 594. The summed E-state index contributed by atoms with van der Waals surface area (Å²) in [4.78, 5) is 34.7. The van der Waals surface area contributed by atoms with Crippen molar-refractivity contribution in [3.05, 3.63) is 35.6 Å². The van der Waals surface area contributed by atoms with E-state index in [1.54, 1.807) is 20.8 Å². The topological polar surface area (TPSA) is 95.5 Å². The molecule has 0 aliphatic carbocycles. The van der Waals surface area contributed by atoms with Crippen LogP contribution in [0.25, 0.3) is 0 Å².